The van der Waals surface area contributed by atoms with Gasteiger partial charge in [0, 0.05) is 26.1 Å². The predicted octanol–water partition coefficient (Wildman–Crippen LogP) is 4.64. The lowest BCUT2D eigenvalue weighted by Crippen LogP contribution is -2.37. The van der Waals surface area contributed by atoms with Crippen molar-refractivity contribution in [3.63, 3.8) is 0 Å². The van der Waals surface area contributed by atoms with Gasteiger partial charge < -0.3 is 14.7 Å². The summed E-state index contributed by atoms with van der Waals surface area (Å²) in [5.41, 5.74) is 1.30. The molecule has 0 unspecified atom stereocenters. The van der Waals surface area contributed by atoms with E-state index in [1.54, 1.807) is 7.11 Å². The van der Waals surface area contributed by atoms with Crippen LogP contribution >= 0.6 is 0 Å². The zero-order chi connectivity index (χ0) is 19.4. The molecule has 2 aromatic carbocycles. The summed E-state index contributed by atoms with van der Waals surface area (Å²) in [5.74, 6) is 2.55. The average molecular weight is 380 g/mol. The highest BCUT2D eigenvalue weighted by Crippen LogP contribution is 2.36. The van der Waals surface area contributed by atoms with Gasteiger partial charge in [-0.2, -0.15) is 0 Å². The van der Waals surface area contributed by atoms with Crippen LogP contribution in [0.4, 0.5) is 0 Å². The van der Waals surface area contributed by atoms with Crippen molar-refractivity contribution >= 4 is 0 Å². The minimum Gasteiger partial charge on any atom is -0.497 e. The topological polar surface area (TPSA) is 32.7 Å². The van der Waals surface area contributed by atoms with Crippen LogP contribution in [0.15, 0.2) is 54.6 Å². The third-order valence-corrected chi connectivity index (χ3v) is 6.81. The minimum absolute atomic E-state index is 0.640. The molecule has 2 bridgehead atoms. The molecule has 2 aliphatic heterocycles. The summed E-state index contributed by atoms with van der Waals surface area (Å²) in [6.07, 6.45) is 6.98. The summed E-state index contributed by atoms with van der Waals surface area (Å²) in [7, 11) is 1.68. The van der Waals surface area contributed by atoms with E-state index in [1.165, 1.54) is 44.3 Å². The van der Waals surface area contributed by atoms with Gasteiger partial charge in [-0.1, -0.05) is 42.5 Å². The molecule has 1 atom stereocenters. The second kappa shape index (κ2) is 8.67. The Morgan fingerprint density at radius 2 is 1.54 bits per heavy atom. The zero-order valence-electron chi connectivity index (χ0n) is 17.0. The molecule has 1 aliphatic carbocycles. The van der Waals surface area contributed by atoms with Crippen molar-refractivity contribution in [2.75, 3.05) is 26.7 Å². The summed E-state index contributed by atoms with van der Waals surface area (Å²) >= 11 is 0. The number of rotatable bonds is 7. The van der Waals surface area contributed by atoms with E-state index in [2.05, 4.69) is 29.2 Å². The molecule has 0 spiro atoms. The lowest BCUT2D eigenvalue weighted by molar-refractivity contribution is 0.0162. The molecule has 3 nitrogen and oxygen atoms in total. The SMILES string of the molecule is COc1ccc([C@](O)(CCN2CC3CCC(CC3)C2)Cc2ccccc2)cc1. The molecule has 2 heterocycles. The van der Waals surface area contributed by atoms with Gasteiger partial charge in [0.2, 0.25) is 0 Å². The molecule has 2 aromatic rings. The highest BCUT2D eigenvalue weighted by atomic mass is 16.5. The fourth-order valence-electron chi connectivity index (χ4n) is 5.10. The van der Waals surface area contributed by atoms with Crippen LogP contribution in [0.2, 0.25) is 0 Å². The number of methoxy groups -OCH3 is 1. The zero-order valence-corrected chi connectivity index (χ0v) is 17.0. The van der Waals surface area contributed by atoms with E-state index in [4.69, 9.17) is 4.74 Å². The summed E-state index contributed by atoms with van der Waals surface area (Å²) in [5, 5.41) is 11.8. The van der Waals surface area contributed by atoms with E-state index in [-0.39, 0.29) is 0 Å². The van der Waals surface area contributed by atoms with E-state index >= 15 is 0 Å². The molecule has 5 rings (SSSR count). The van der Waals surface area contributed by atoms with Crippen molar-refractivity contribution in [3.8, 4) is 5.75 Å². The van der Waals surface area contributed by atoms with Crippen molar-refractivity contribution < 1.29 is 9.84 Å². The predicted molar refractivity (Wildman–Crippen MR) is 114 cm³/mol. The van der Waals surface area contributed by atoms with Crippen LogP contribution < -0.4 is 4.74 Å². The number of benzene rings is 2. The molecule has 1 N–H and O–H groups in total. The Bertz CT molecular complexity index is 723. The van der Waals surface area contributed by atoms with Crippen molar-refractivity contribution in [1.29, 1.82) is 0 Å². The highest BCUT2D eigenvalue weighted by Gasteiger charge is 2.33. The standard InChI is InChI=1S/C25H33NO2/c1-28-24-13-11-23(12-14-24)25(27,17-20-5-3-2-4-6-20)15-16-26-18-21-7-8-22(19-26)10-9-21/h2-6,11-14,21-22,27H,7-10,15-19H2,1H3/t21?,22?,25-/m0/s1. The van der Waals surface area contributed by atoms with Gasteiger partial charge >= 0.3 is 0 Å². The smallest absolute Gasteiger partial charge is 0.118 e. The molecular weight excluding hydrogens is 346 g/mol. The van der Waals surface area contributed by atoms with Gasteiger partial charge in [-0.3, -0.25) is 0 Å². The van der Waals surface area contributed by atoms with E-state index in [0.717, 1.165) is 36.1 Å². The number of nitrogens with zero attached hydrogens (tertiary/aromatic N) is 1. The Morgan fingerprint density at radius 1 is 0.929 bits per heavy atom. The van der Waals surface area contributed by atoms with Gasteiger partial charge in [0.1, 0.15) is 5.75 Å². The number of ether oxygens (including phenoxy) is 1. The molecule has 0 radical (unpaired) electrons. The Labute approximate surface area is 169 Å². The van der Waals surface area contributed by atoms with E-state index in [1.807, 2.05) is 30.3 Å². The third-order valence-electron chi connectivity index (χ3n) is 6.81. The van der Waals surface area contributed by atoms with Gasteiger partial charge in [0.25, 0.3) is 0 Å². The van der Waals surface area contributed by atoms with Crippen molar-refractivity contribution in [3.05, 3.63) is 65.7 Å². The van der Waals surface area contributed by atoms with E-state index < -0.39 is 5.60 Å². The molecule has 1 saturated carbocycles. The fraction of sp³-hybridized carbons (Fsp3) is 0.520. The monoisotopic (exact) mass is 379 g/mol. The maximum Gasteiger partial charge on any atom is 0.118 e. The summed E-state index contributed by atoms with van der Waals surface area (Å²) in [4.78, 5) is 2.62. The normalized spacial score (nSPS) is 24.5. The van der Waals surface area contributed by atoms with E-state index in [9.17, 15) is 5.11 Å². The summed E-state index contributed by atoms with van der Waals surface area (Å²) < 4.78 is 5.31. The average Bonchev–Trinajstić information content (AvgIpc) is 3.06. The van der Waals surface area contributed by atoms with Gasteiger partial charge in [-0.25, -0.2) is 0 Å². The molecule has 2 saturated heterocycles. The Kier molecular flexibility index (Phi) is 6.03. The summed E-state index contributed by atoms with van der Waals surface area (Å²) in [6.45, 7) is 3.38. The lowest BCUT2D eigenvalue weighted by Gasteiger charge is -2.32. The number of fused-ring (bicyclic) bond motifs is 4. The van der Waals surface area contributed by atoms with Crippen molar-refractivity contribution in [1.82, 2.24) is 4.90 Å². The highest BCUT2D eigenvalue weighted by molar-refractivity contribution is 5.32. The molecule has 28 heavy (non-hydrogen) atoms. The molecule has 3 heteroatoms. The van der Waals surface area contributed by atoms with Gasteiger partial charge in [0.05, 0.1) is 12.7 Å². The van der Waals surface area contributed by atoms with Crippen molar-refractivity contribution in [2.24, 2.45) is 11.8 Å². The molecule has 3 aliphatic rings. The second-order valence-electron chi connectivity index (χ2n) is 8.82. The maximum absolute atomic E-state index is 11.8. The maximum atomic E-state index is 11.8. The quantitative estimate of drug-likeness (QED) is 0.761. The Morgan fingerprint density at radius 3 is 2.11 bits per heavy atom. The molecule has 0 aromatic heterocycles. The van der Waals surface area contributed by atoms with Crippen molar-refractivity contribution in [2.45, 2.75) is 44.1 Å². The molecule has 150 valence electrons. The van der Waals surface area contributed by atoms with Gasteiger partial charge in [-0.15, -0.1) is 0 Å². The molecule has 0 amide bonds. The first-order valence-electron chi connectivity index (χ1n) is 10.8. The Balaban J connectivity index is 1.51. The summed E-state index contributed by atoms with van der Waals surface area (Å²) in [6, 6.07) is 18.3. The van der Waals surface area contributed by atoms with Crippen LogP contribution in [0.25, 0.3) is 0 Å². The van der Waals surface area contributed by atoms with Crippen LogP contribution in [0.5, 0.6) is 5.75 Å². The Hall–Kier alpha value is -1.84. The van der Waals surface area contributed by atoms with E-state index in [0.29, 0.717) is 6.42 Å². The second-order valence-corrected chi connectivity index (χ2v) is 8.82. The lowest BCUT2D eigenvalue weighted by atomic mass is 9.84. The largest absolute Gasteiger partial charge is 0.497 e. The first-order chi connectivity index (χ1) is 13.6. The number of hydrogen-bond acceptors (Lipinski definition) is 3. The van der Waals surface area contributed by atoms with Crippen LogP contribution in [0.3, 0.4) is 0 Å². The molecule has 3 fully saturated rings. The fourth-order valence-corrected chi connectivity index (χ4v) is 5.10. The van der Waals surface area contributed by atoms with Crippen LogP contribution in [0.1, 0.15) is 43.2 Å². The van der Waals surface area contributed by atoms with Crippen LogP contribution in [-0.4, -0.2) is 36.8 Å². The first-order valence-corrected chi connectivity index (χ1v) is 10.8. The van der Waals surface area contributed by atoms with Gasteiger partial charge in [0.15, 0.2) is 0 Å². The number of aliphatic hydroxyl groups is 1. The first kappa shape index (κ1) is 19.5. The third kappa shape index (κ3) is 4.59. The van der Waals surface area contributed by atoms with Gasteiger partial charge in [-0.05, 0) is 67.2 Å². The minimum atomic E-state index is -0.862. The number of hydrogen-bond donors (Lipinski definition) is 1. The van der Waals surface area contributed by atoms with Crippen LogP contribution in [-0.2, 0) is 12.0 Å². The van der Waals surface area contributed by atoms with Crippen LogP contribution in [0, 0.1) is 11.8 Å². The molecular formula is C25H33NO2.